The molecule has 3 atom stereocenters. The predicted molar refractivity (Wildman–Crippen MR) is 105 cm³/mol. The normalized spacial score (nSPS) is 21.2. The van der Waals surface area contributed by atoms with Crippen molar-refractivity contribution in [3.05, 3.63) is 83.9 Å². The number of hydrogen-bond acceptors (Lipinski definition) is 4. The Balaban J connectivity index is 1.67. The number of benzene rings is 2. The van der Waals surface area contributed by atoms with Gasteiger partial charge in [-0.15, -0.1) is 0 Å². The van der Waals surface area contributed by atoms with Gasteiger partial charge in [-0.2, -0.15) is 5.90 Å². The molecule has 1 saturated heterocycles. The van der Waals surface area contributed by atoms with Crippen molar-refractivity contribution in [1.29, 1.82) is 0 Å². The summed E-state index contributed by atoms with van der Waals surface area (Å²) in [6.45, 7) is 2.96. The van der Waals surface area contributed by atoms with E-state index in [9.17, 15) is 4.79 Å². The van der Waals surface area contributed by atoms with Gasteiger partial charge in [0, 0.05) is 5.92 Å². The third-order valence-electron chi connectivity index (χ3n) is 5.03. The summed E-state index contributed by atoms with van der Waals surface area (Å²) in [6, 6.07) is 20.1. The van der Waals surface area contributed by atoms with Crippen LogP contribution in [0.5, 0.6) is 0 Å². The fourth-order valence-electron chi connectivity index (χ4n) is 3.38. The first-order valence-corrected chi connectivity index (χ1v) is 9.23. The second kappa shape index (κ2) is 9.35. The first-order chi connectivity index (χ1) is 13.2. The summed E-state index contributed by atoms with van der Waals surface area (Å²) in [6.07, 6.45) is 4.21. The van der Waals surface area contributed by atoms with Crippen LogP contribution in [-0.4, -0.2) is 36.3 Å². The maximum absolute atomic E-state index is 12.2. The van der Waals surface area contributed by atoms with E-state index < -0.39 is 6.09 Å². The van der Waals surface area contributed by atoms with Gasteiger partial charge in [-0.1, -0.05) is 79.7 Å². The molecule has 2 N–H and O–H groups in total. The van der Waals surface area contributed by atoms with Crippen LogP contribution < -0.4 is 5.90 Å². The zero-order chi connectivity index (χ0) is 19.1. The fourth-order valence-corrected chi connectivity index (χ4v) is 3.38. The Labute approximate surface area is 160 Å². The zero-order valence-electron chi connectivity index (χ0n) is 15.5. The van der Waals surface area contributed by atoms with Crippen LogP contribution in [-0.2, 0) is 16.0 Å². The Bertz CT molecular complexity index is 749. The number of hydrogen-bond donors (Lipinski definition) is 1. The highest BCUT2D eigenvalue weighted by molar-refractivity contribution is 5.68. The zero-order valence-corrected chi connectivity index (χ0v) is 15.5. The van der Waals surface area contributed by atoms with E-state index in [0.29, 0.717) is 13.2 Å². The van der Waals surface area contributed by atoms with Crippen molar-refractivity contribution in [2.24, 2.45) is 5.90 Å². The molecule has 0 spiro atoms. The van der Waals surface area contributed by atoms with E-state index in [-0.39, 0.29) is 18.1 Å². The third kappa shape index (κ3) is 4.96. The average molecular weight is 366 g/mol. The van der Waals surface area contributed by atoms with Gasteiger partial charge in [0.25, 0.3) is 0 Å². The smallest absolute Gasteiger partial charge is 0.373 e. The number of amides is 1. The van der Waals surface area contributed by atoms with Gasteiger partial charge in [-0.25, -0.2) is 4.79 Å². The first kappa shape index (κ1) is 19.1. The molecule has 0 bridgehead atoms. The quantitative estimate of drug-likeness (QED) is 0.648. The Morgan fingerprint density at radius 3 is 2.56 bits per heavy atom. The Hall–Kier alpha value is -2.63. The largest absolute Gasteiger partial charge is 0.429 e. The van der Waals surface area contributed by atoms with E-state index in [0.717, 1.165) is 6.42 Å². The maximum atomic E-state index is 12.2. The highest BCUT2D eigenvalue weighted by atomic mass is 16.7. The van der Waals surface area contributed by atoms with Crippen LogP contribution in [0.3, 0.4) is 0 Å². The molecule has 3 rings (SSSR count). The number of carbonyl (C=O) groups excluding carboxylic acids is 1. The van der Waals surface area contributed by atoms with Crippen LogP contribution in [0, 0.1) is 0 Å². The molecule has 1 aliphatic rings. The topological polar surface area (TPSA) is 64.8 Å². The molecule has 1 amide bonds. The second-order valence-electron chi connectivity index (χ2n) is 6.79. The van der Waals surface area contributed by atoms with Gasteiger partial charge in [-0.05, 0) is 17.5 Å². The van der Waals surface area contributed by atoms with Gasteiger partial charge in [-0.3, -0.25) is 4.90 Å². The van der Waals surface area contributed by atoms with Crippen LogP contribution in [0.1, 0.15) is 24.0 Å². The lowest BCUT2D eigenvalue weighted by Crippen LogP contribution is -2.53. The number of nitrogens with zero attached hydrogens (tertiary/aromatic N) is 1. The third-order valence-corrected chi connectivity index (χ3v) is 5.03. The van der Waals surface area contributed by atoms with Gasteiger partial charge in [0.15, 0.2) is 0 Å². The molecular weight excluding hydrogens is 340 g/mol. The number of morpholine rings is 1. The van der Waals surface area contributed by atoms with Crippen molar-refractivity contribution in [2.45, 2.75) is 31.4 Å². The standard InChI is InChI=1S/C22H26N2O3/c1-17(19-12-6-3-7-13-19)21-15-24(22(25)27-23)20(16-26-21)14-8-11-18-9-4-2-5-10-18/h2-10,12-14,17,20-21H,11,15-16,23H2,1H3. The minimum absolute atomic E-state index is 0.106. The molecule has 0 aliphatic carbocycles. The molecule has 3 unspecified atom stereocenters. The molecule has 0 radical (unpaired) electrons. The summed E-state index contributed by atoms with van der Waals surface area (Å²) >= 11 is 0. The Morgan fingerprint density at radius 2 is 1.89 bits per heavy atom. The fraction of sp³-hybridized carbons (Fsp3) is 0.318. The monoisotopic (exact) mass is 366 g/mol. The molecule has 5 heteroatoms. The number of allylic oxidation sites excluding steroid dienone is 1. The molecule has 1 heterocycles. The average Bonchev–Trinajstić information content (AvgIpc) is 2.74. The van der Waals surface area contributed by atoms with E-state index in [2.05, 4.69) is 42.1 Å². The number of rotatable bonds is 5. The predicted octanol–water partition coefficient (Wildman–Crippen LogP) is 3.67. The summed E-state index contributed by atoms with van der Waals surface area (Å²) < 4.78 is 6.09. The highest BCUT2D eigenvalue weighted by Gasteiger charge is 2.34. The molecule has 0 saturated carbocycles. The van der Waals surface area contributed by atoms with Gasteiger partial charge < -0.3 is 9.57 Å². The molecule has 5 nitrogen and oxygen atoms in total. The van der Waals surface area contributed by atoms with Crippen molar-refractivity contribution in [3.63, 3.8) is 0 Å². The van der Waals surface area contributed by atoms with E-state index >= 15 is 0 Å². The highest BCUT2D eigenvalue weighted by Crippen LogP contribution is 2.26. The lowest BCUT2D eigenvalue weighted by Gasteiger charge is -2.39. The molecule has 27 heavy (non-hydrogen) atoms. The van der Waals surface area contributed by atoms with Crippen molar-refractivity contribution in [1.82, 2.24) is 4.90 Å². The molecule has 142 valence electrons. The van der Waals surface area contributed by atoms with Crippen molar-refractivity contribution in [3.8, 4) is 0 Å². The molecule has 0 aromatic heterocycles. The van der Waals surface area contributed by atoms with Crippen molar-refractivity contribution >= 4 is 6.09 Å². The second-order valence-corrected chi connectivity index (χ2v) is 6.79. The summed E-state index contributed by atoms with van der Waals surface area (Å²) in [5, 5.41) is 0. The SMILES string of the molecule is CC(c1ccccc1)C1CN(C(=O)ON)C(C=CCc2ccccc2)CO1. The first-order valence-electron chi connectivity index (χ1n) is 9.23. The molecular formula is C22H26N2O3. The molecule has 2 aromatic carbocycles. The van der Waals surface area contributed by atoms with Crippen LogP contribution in [0.25, 0.3) is 0 Å². The minimum atomic E-state index is -0.530. The van der Waals surface area contributed by atoms with Crippen LogP contribution in [0.4, 0.5) is 4.79 Å². The van der Waals surface area contributed by atoms with Gasteiger partial charge >= 0.3 is 6.09 Å². The Kier molecular flexibility index (Phi) is 6.63. The molecule has 2 aromatic rings. The molecule has 1 aliphatic heterocycles. The van der Waals surface area contributed by atoms with E-state index in [1.807, 2.05) is 42.5 Å². The number of ether oxygens (including phenoxy) is 1. The summed E-state index contributed by atoms with van der Waals surface area (Å²) in [4.78, 5) is 18.4. The minimum Gasteiger partial charge on any atom is -0.373 e. The lowest BCUT2D eigenvalue weighted by molar-refractivity contribution is -0.0554. The van der Waals surface area contributed by atoms with Crippen LogP contribution >= 0.6 is 0 Å². The van der Waals surface area contributed by atoms with Gasteiger partial charge in [0.1, 0.15) is 0 Å². The van der Waals surface area contributed by atoms with Gasteiger partial charge in [0.2, 0.25) is 0 Å². The Morgan fingerprint density at radius 1 is 1.22 bits per heavy atom. The maximum Gasteiger partial charge on any atom is 0.429 e. The van der Waals surface area contributed by atoms with Gasteiger partial charge in [0.05, 0.1) is 25.3 Å². The van der Waals surface area contributed by atoms with E-state index in [1.165, 1.54) is 11.1 Å². The molecule has 1 fully saturated rings. The van der Waals surface area contributed by atoms with Crippen LogP contribution in [0.15, 0.2) is 72.8 Å². The van der Waals surface area contributed by atoms with E-state index in [4.69, 9.17) is 10.6 Å². The number of nitrogens with two attached hydrogens (primary N) is 1. The number of carbonyl (C=O) groups is 1. The summed E-state index contributed by atoms with van der Waals surface area (Å²) in [7, 11) is 0. The van der Waals surface area contributed by atoms with Crippen LogP contribution in [0.2, 0.25) is 0 Å². The summed E-state index contributed by atoms with van der Waals surface area (Å²) in [5.41, 5.74) is 2.40. The lowest BCUT2D eigenvalue weighted by atomic mass is 9.93. The van der Waals surface area contributed by atoms with Crippen molar-refractivity contribution < 1.29 is 14.4 Å². The van der Waals surface area contributed by atoms with E-state index in [1.54, 1.807) is 4.90 Å². The summed E-state index contributed by atoms with van der Waals surface area (Å²) in [5.74, 6) is 5.32. The van der Waals surface area contributed by atoms with Crippen molar-refractivity contribution in [2.75, 3.05) is 13.2 Å².